The Balaban J connectivity index is 2.28. The third kappa shape index (κ3) is 6.14. The molecular formula is C26H38O3Si. The van der Waals surface area contributed by atoms with Gasteiger partial charge in [0, 0.05) is 13.2 Å². The summed E-state index contributed by atoms with van der Waals surface area (Å²) < 4.78 is 18.1. The second-order valence-electron chi connectivity index (χ2n) is 8.81. The van der Waals surface area contributed by atoms with Crippen LogP contribution in [-0.2, 0) is 13.9 Å². The van der Waals surface area contributed by atoms with Crippen LogP contribution in [-0.4, -0.2) is 40.8 Å². The van der Waals surface area contributed by atoms with Gasteiger partial charge in [-0.25, -0.2) is 0 Å². The van der Waals surface area contributed by atoms with E-state index in [0.717, 1.165) is 12.8 Å². The molecule has 0 aliphatic rings. The zero-order valence-corrected chi connectivity index (χ0v) is 20.3. The quantitative estimate of drug-likeness (QED) is 0.273. The molecule has 0 saturated carbocycles. The molecule has 0 heterocycles. The molecule has 0 spiro atoms. The molecule has 0 aromatic heterocycles. The number of benzene rings is 2. The van der Waals surface area contributed by atoms with Gasteiger partial charge in [-0.3, -0.25) is 0 Å². The molecule has 0 aliphatic carbocycles. The third-order valence-corrected chi connectivity index (χ3v) is 10.7. The van der Waals surface area contributed by atoms with Crippen LogP contribution in [0.4, 0.5) is 0 Å². The Bertz CT molecular complexity index is 700. The van der Waals surface area contributed by atoms with Crippen LogP contribution in [0.1, 0.15) is 40.5 Å². The van der Waals surface area contributed by atoms with Gasteiger partial charge in [-0.15, -0.1) is 6.58 Å². The minimum Gasteiger partial charge on any atom is -0.405 e. The number of hydrogen-bond acceptors (Lipinski definition) is 3. The van der Waals surface area contributed by atoms with Crippen LogP contribution in [0.15, 0.2) is 73.3 Å². The minimum absolute atomic E-state index is 0.0171. The Labute approximate surface area is 184 Å². The first-order valence-corrected chi connectivity index (χ1v) is 12.8. The van der Waals surface area contributed by atoms with Crippen molar-refractivity contribution in [2.45, 2.75) is 57.8 Å². The SMILES string of the molecule is C=C[C@@H](CC[C@@H](C)O[Si](c1ccccc1)(c1ccccc1)C(C)(C)C)OCCOC. The first-order chi connectivity index (χ1) is 14.3. The molecule has 4 heteroatoms. The smallest absolute Gasteiger partial charge is 0.261 e. The fourth-order valence-electron chi connectivity index (χ4n) is 4.00. The molecule has 0 aliphatic heterocycles. The van der Waals surface area contributed by atoms with Crippen molar-refractivity contribution in [3.63, 3.8) is 0 Å². The van der Waals surface area contributed by atoms with E-state index >= 15 is 0 Å². The van der Waals surface area contributed by atoms with Crippen LogP contribution in [0.3, 0.4) is 0 Å². The minimum atomic E-state index is -2.51. The van der Waals surface area contributed by atoms with Crippen LogP contribution in [0, 0.1) is 0 Å². The lowest BCUT2D eigenvalue weighted by Gasteiger charge is -2.44. The summed E-state index contributed by atoms with van der Waals surface area (Å²) in [5.74, 6) is 0. The largest absolute Gasteiger partial charge is 0.405 e. The summed E-state index contributed by atoms with van der Waals surface area (Å²) in [6.07, 6.45) is 3.79. The zero-order chi connectivity index (χ0) is 22.0. The van der Waals surface area contributed by atoms with Gasteiger partial charge < -0.3 is 13.9 Å². The van der Waals surface area contributed by atoms with E-state index in [1.807, 2.05) is 6.08 Å². The summed E-state index contributed by atoms with van der Waals surface area (Å²) >= 11 is 0. The maximum Gasteiger partial charge on any atom is 0.261 e. The molecule has 0 radical (unpaired) electrons. The normalized spacial score (nSPS) is 14.3. The van der Waals surface area contributed by atoms with Crippen molar-refractivity contribution in [2.24, 2.45) is 0 Å². The fraction of sp³-hybridized carbons (Fsp3) is 0.462. The molecule has 2 atom stereocenters. The molecule has 0 bridgehead atoms. The van der Waals surface area contributed by atoms with Crippen LogP contribution in [0.5, 0.6) is 0 Å². The van der Waals surface area contributed by atoms with E-state index in [-0.39, 0.29) is 17.2 Å². The Hall–Kier alpha value is -1.72. The van der Waals surface area contributed by atoms with Crippen molar-refractivity contribution in [3.8, 4) is 0 Å². The molecular weight excluding hydrogens is 388 g/mol. The van der Waals surface area contributed by atoms with E-state index in [9.17, 15) is 0 Å². The molecule has 0 saturated heterocycles. The summed E-state index contributed by atoms with van der Waals surface area (Å²) in [6.45, 7) is 14.2. The van der Waals surface area contributed by atoms with Crippen LogP contribution in [0.25, 0.3) is 0 Å². The Morgan fingerprint density at radius 2 is 1.43 bits per heavy atom. The molecule has 3 nitrogen and oxygen atoms in total. The van der Waals surface area contributed by atoms with Crippen LogP contribution >= 0.6 is 0 Å². The van der Waals surface area contributed by atoms with E-state index < -0.39 is 8.32 Å². The van der Waals surface area contributed by atoms with Gasteiger partial charge in [0.15, 0.2) is 0 Å². The second-order valence-corrected chi connectivity index (χ2v) is 13.1. The van der Waals surface area contributed by atoms with Gasteiger partial charge >= 0.3 is 0 Å². The van der Waals surface area contributed by atoms with Gasteiger partial charge in [-0.2, -0.15) is 0 Å². The highest BCUT2D eigenvalue weighted by Crippen LogP contribution is 2.37. The van der Waals surface area contributed by atoms with Gasteiger partial charge in [0.25, 0.3) is 8.32 Å². The Morgan fingerprint density at radius 3 is 1.87 bits per heavy atom. The first kappa shape index (κ1) is 24.5. The van der Waals surface area contributed by atoms with Crippen molar-refractivity contribution in [3.05, 3.63) is 73.3 Å². The number of ether oxygens (including phenoxy) is 2. The molecule has 164 valence electrons. The van der Waals surface area contributed by atoms with Crippen molar-refractivity contribution >= 4 is 18.7 Å². The summed E-state index contributed by atoms with van der Waals surface area (Å²) in [7, 11) is -0.826. The molecule has 0 unspecified atom stereocenters. The Kier molecular flexibility index (Phi) is 9.50. The highest BCUT2D eigenvalue weighted by Gasteiger charge is 2.50. The standard InChI is InChI=1S/C26H38O3Si/c1-7-23(28-21-20-27-6)19-18-22(2)29-30(26(3,4)5,24-14-10-8-11-15-24)25-16-12-9-13-17-25/h7-17,22-23H,1,18-21H2,2-6H3/t22-,23+/m1/s1. The van der Waals surface area contributed by atoms with Crippen molar-refractivity contribution in [1.82, 2.24) is 0 Å². The van der Waals surface area contributed by atoms with Gasteiger partial charge in [-0.1, -0.05) is 87.5 Å². The summed E-state index contributed by atoms with van der Waals surface area (Å²) in [5.41, 5.74) is 0. The maximum atomic E-state index is 7.12. The average Bonchev–Trinajstić information content (AvgIpc) is 2.75. The molecule has 2 rings (SSSR count). The third-order valence-electron chi connectivity index (χ3n) is 5.53. The molecule has 0 amide bonds. The lowest BCUT2D eigenvalue weighted by molar-refractivity contribution is 0.0304. The van der Waals surface area contributed by atoms with Gasteiger partial charge in [0.2, 0.25) is 0 Å². The van der Waals surface area contributed by atoms with Gasteiger partial charge in [-0.05, 0) is 35.2 Å². The van der Waals surface area contributed by atoms with E-state index in [0.29, 0.717) is 13.2 Å². The lowest BCUT2D eigenvalue weighted by Crippen LogP contribution is -2.67. The predicted octanol–water partition coefficient (Wildman–Crippen LogP) is 4.95. The first-order valence-electron chi connectivity index (χ1n) is 10.9. The van der Waals surface area contributed by atoms with E-state index in [4.69, 9.17) is 13.9 Å². The van der Waals surface area contributed by atoms with E-state index in [2.05, 4.69) is 94.9 Å². The topological polar surface area (TPSA) is 27.7 Å². The molecule has 2 aromatic rings. The predicted molar refractivity (Wildman–Crippen MR) is 129 cm³/mol. The summed E-state index contributed by atoms with van der Waals surface area (Å²) in [4.78, 5) is 0. The molecule has 2 aromatic carbocycles. The number of hydrogen-bond donors (Lipinski definition) is 0. The molecule has 30 heavy (non-hydrogen) atoms. The maximum absolute atomic E-state index is 7.12. The Morgan fingerprint density at radius 1 is 0.900 bits per heavy atom. The second kappa shape index (κ2) is 11.6. The lowest BCUT2D eigenvalue weighted by atomic mass is 10.1. The fourth-order valence-corrected chi connectivity index (χ4v) is 8.74. The van der Waals surface area contributed by atoms with Crippen molar-refractivity contribution < 1.29 is 13.9 Å². The zero-order valence-electron chi connectivity index (χ0n) is 19.3. The van der Waals surface area contributed by atoms with Crippen LogP contribution in [0.2, 0.25) is 5.04 Å². The van der Waals surface area contributed by atoms with Crippen LogP contribution < -0.4 is 10.4 Å². The van der Waals surface area contributed by atoms with Gasteiger partial charge in [0.05, 0.1) is 19.3 Å². The van der Waals surface area contributed by atoms with Gasteiger partial charge in [0.1, 0.15) is 0 Å². The number of methoxy groups -OCH3 is 1. The average molecular weight is 427 g/mol. The van der Waals surface area contributed by atoms with Crippen molar-refractivity contribution in [2.75, 3.05) is 20.3 Å². The molecule has 0 fully saturated rings. The highest BCUT2D eigenvalue weighted by molar-refractivity contribution is 6.99. The van der Waals surface area contributed by atoms with Crippen molar-refractivity contribution in [1.29, 1.82) is 0 Å². The summed E-state index contributed by atoms with van der Waals surface area (Å²) in [6, 6.07) is 21.6. The van der Waals surface area contributed by atoms with E-state index in [1.165, 1.54) is 10.4 Å². The molecule has 0 N–H and O–H groups in total. The highest BCUT2D eigenvalue weighted by atomic mass is 28.4. The number of rotatable bonds is 12. The van der Waals surface area contributed by atoms with E-state index in [1.54, 1.807) is 7.11 Å². The summed E-state index contributed by atoms with van der Waals surface area (Å²) in [5, 5.41) is 2.61. The monoisotopic (exact) mass is 426 g/mol.